The number of thiocarbonyl (C=S) groups is 1. The summed E-state index contributed by atoms with van der Waals surface area (Å²) < 4.78 is 1.53. The van der Waals surface area contributed by atoms with Crippen LogP contribution in [-0.4, -0.2) is 30.0 Å². The highest BCUT2D eigenvalue weighted by Crippen LogP contribution is 2.20. The molecule has 0 saturated carbocycles. The first-order valence-electron chi connectivity index (χ1n) is 5.60. The van der Waals surface area contributed by atoms with E-state index in [1.54, 1.807) is 0 Å². The van der Waals surface area contributed by atoms with Crippen LogP contribution in [0.15, 0.2) is 30.6 Å². The molecular formula is C12H10N6S. The first-order valence-corrected chi connectivity index (χ1v) is 6.01. The maximum atomic E-state index is 5.50. The predicted octanol–water partition coefficient (Wildman–Crippen LogP) is 1.15. The number of nitrogens with zero attached hydrogens (tertiary/aromatic N) is 5. The van der Waals surface area contributed by atoms with Crippen molar-refractivity contribution in [3.63, 3.8) is 0 Å². The van der Waals surface area contributed by atoms with Gasteiger partial charge in [0.2, 0.25) is 5.82 Å². The van der Waals surface area contributed by atoms with Gasteiger partial charge >= 0.3 is 0 Å². The van der Waals surface area contributed by atoms with Gasteiger partial charge in [-0.15, -0.1) is 10.2 Å². The summed E-state index contributed by atoms with van der Waals surface area (Å²) in [6.45, 7) is 1.92. The van der Waals surface area contributed by atoms with Crippen LogP contribution in [0.5, 0.6) is 0 Å². The Morgan fingerprint density at radius 3 is 2.63 bits per heavy atom. The predicted molar refractivity (Wildman–Crippen MR) is 75.1 cm³/mol. The van der Waals surface area contributed by atoms with E-state index in [-0.39, 0.29) is 4.99 Å². The SMILES string of the molecule is Cc1nnc(-n2cnc(C(N)=S)n2)c2ccccc12. The van der Waals surface area contributed by atoms with Gasteiger partial charge in [-0.2, -0.15) is 9.78 Å². The van der Waals surface area contributed by atoms with Crippen LogP contribution >= 0.6 is 12.2 Å². The molecule has 19 heavy (non-hydrogen) atoms. The number of benzene rings is 1. The summed E-state index contributed by atoms with van der Waals surface area (Å²) in [5.74, 6) is 0.928. The van der Waals surface area contributed by atoms with Crippen LogP contribution in [0.2, 0.25) is 0 Å². The summed E-state index contributed by atoms with van der Waals surface area (Å²) in [6, 6.07) is 7.86. The molecule has 0 saturated heterocycles. The van der Waals surface area contributed by atoms with Crippen LogP contribution < -0.4 is 5.73 Å². The fraction of sp³-hybridized carbons (Fsp3) is 0.0833. The number of hydrogen-bond donors (Lipinski definition) is 1. The molecule has 0 amide bonds. The molecule has 0 spiro atoms. The van der Waals surface area contributed by atoms with Crippen LogP contribution in [0.4, 0.5) is 0 Å². The van der Waals surface area contributed by atoms with Crippen molar-refractivity contribution >= 4 is 28.0 Å². The molecule has 2 aromatic heterocycles. The summed E-state index contributed by atoms with van der Waals surface area (Å²) >= 11 is 4.85. The van der Waals surface area contributed by atoms with E-state index in [2.05, 4.69) is 20.3 Å². The third-order valence-electron chi connectivity index (χ3n) is 2.78. The summed E-state index contributed by atoms with van der Waals surface area (Å²) in [6.07, 6.45) is 1.53. The van der Waals surface area contributed by atoms with Gasteiger partial charge in [0.05, 0.1) is 5.69 Å². The van der Waals surface area contributed by atoms with E-state index in [4.69, 9.17) is 18.0 Å². The molecule has 3 aromatic rings. The number of fused-ring (bicyclic) bond motifs is 1. The lowest BCUT2D eigenvalue weighted by atomic mass is 10.1. The Labute approximate surface area is 114 Å². The molecule has 2 N–H and O–H groups in total. The van der Waals surface area contributed by atoms with Crippen molar-refractivity contribution in [1.29, 1.82) is 0 Å². The second kappa shape index (κ2) is 4.36. The highest BCUT2D eigenvalue weighted by atomic mass is 32.1. The Balaban J connectivity index is 2.24. The van der Waals surface area contributed by atoms with Gasteiger partial charge in [-0.3, -0.25) is 0 Å². The average molecular weight is 270 g/mol. The van der Waals surface area contributed by atoms with Crippen molar-refractivity contribution in [1.82, 2.24) is 25.0 Å². The molecule has 0 atom stereocenters. The Hall–Kier alpha value is -2.41. The van der Waals surface area contributed by atoms with E-state index in [0.29, 0.717) is 11.6 Å². The normalized spacial score (nSPS) is 10.8. The smallest absolute Gasteiger partial charge is 0.208 e. The lowest BCUT2D eigenvalue weighted by Crippen LogP contribution is -2.12. The van der Waals surface area contributed by atoms with Gasteiger partial charge in [-0.1, -0.05) is 36.5 Å². The second-order valence-electron chi connectivity index (χ2n) is 4.03. The standard InChI is InChI=1S/C12H10N6S/c1-7-8-4-2-3-5-9(8)12(16-15-7)18-6-14-11(17-18)10(13)19/h2-6H,1H3,(H2,13,19). The molecule has 2 heterocycles. The van der Waals surface area contributed by atoms with Gasteiger partial charge in [0.25, 0.3) is 0 Å². The molecule has 0 bridgehead atoms. The third-order valence-corrected chi connectivity index (χ3v) is 2.96. The Bertz CT molecular complexity index is 779. The van der Waals surface area contributed by atoms with Crippen LogP contribution in [-0.2, 0) is 0 Å². The van der Waals surface area contributed by atoms with E-state index in [9.17, 15) is 0 Å². The van der Waals surface area contributed by atoms with Crippen LogP contribution in [0, 0.1) is 6.92 Å². The largest absolute Gasteiger partial charge is 0.387 e. The molecular weight excluding hydrogens is 260 g/mol. The first-order chi connectivity index (χ1) is 9.16. The van der Waals surface area contributed by atoms with Crippen LogP contribution in [0.1, 0.15) is 11.5 Å². The molecule has 0 aliphatic rings. The average Bonchev–Trinajstić information content (AvgIpc) is 2.89. The molecule has 0 unspecified atom stereocenters. The van der Waals surface area contributed by atoms with E-state index < -0.39 is 0 Å². The number of aromatic nitrogens is 5. The molecule has 0 radical (unpaired) electrons. The summed E-state index contributed by atoms with van der Waals surface area (Å²) in [7, 11) is 0. The Morgan fingerprint density at radius 1 is 1.21 bits per heavy atom. The summed E-state index contributed by atoms with van der Waals surface area (Å²) in [5, 5.41) is 14.5. The zero-order valence-electron chi connectivity index (χ0n) is 10.1. The van der Waals surface area contributed by atoms with E-state index in [1.807, 2.05) is 31.2 Å². The Morgan fingerprint density at radius 2 is 1.95 bits per heavy atom. The third kappa shape index (κ3) is 1.93. The van der Waals surface area contributed by atoms with Crippen molar-refractivity contribution in [2.24, 2.45) is 5.73 Å². The van der Waals surface area contributed by atoms with Crippen molar-refractivity contribution in [3.8, 4) is 5.82 Å². The quantitative estimate of drug-likeness (QED) is 0.703. The maximum absolute atomic E-state index is 5.50. The summed E-state index contributed by atoms with van der Waals surface area (Å²) in [4.78, 5) is 4.19. The van der Waals surface area contributed by atoms with Crippen molar-refractivity contribution in [3.05, 3.63) is 42.1 Å². The minimum atomic E-state index is 0.156. The van der Waals surface area contributed by atoms with Crippen molar-refractivity contribution in [2.75, 3.05) is 0 Å². The number of hydrogen-bond acceptors (Lipinski definition) is 5. The van der Waals surface area contributed by atoms with Crippen molar-refractivity contribution in [2.45, 2.75) is 6.92 Å². The molecule has 3 rings (SSSR count). The zero-order chi connectivity index (χ0) is 13.4. The molecule has 6 nitrogen and oxygen atoms in total. The maximum Gasteiger partial charge on any atom is 0.208 e. The fourth-order valence-electron chi connectivity index (χ4n) is 1.87. The van der Waals surface area contributed by atoms with E-state index in [0.717, 1.165) is 16.5 Å². The van der Waals surface area contributed by atoms with Gasteiger partial charge in [-0.05, 0) is 6.92 Å². The van der Waals surface area contributed by atoms with Crippen molar-refractivity contribution < 1.29 is 0 Å². The van der Waals surface area contributed by atoms with Gasteiger partial charge in [0.15, 0.2) is 5.82 Å². The number of rotatable bonds is 2. The van der Waals surface area contributed by atoms with Crippen LogP contribution in [0.25, 0.3) is 16.6 Å². The van der Waals surface area contributed by atoms with Gasteiger partial charge < -0.3 is 5.73 Å². The van der Waals surface area contributed by atoms with Gasteiger partial charge in [0, 0.05) is 10.8 Å². The fourth-order valence-corrected chi connectivity index (χ4v) is 1.96. The highest BCUT2D eigenvalue weighted by Gasteiger charge is 2.11. The molecule has 0 aliphatic carbocycles. The topological polar surface area (TPSA) is 82.5 Å². The lowest BCUT2D eigenvalue weighted by molar-refractivity contribution is 0.815. The number of aryl methyl sites for hydroxylation is 1. The van der Waals surface area contributed by atoms with Gasteiger partial charge in [0.1, 0.15) is 11.3 Å². The van der Waals surface area contributed by atoms with Gasteiger partial charge in [-0.25, -0.2) is 4.98 Å². The highest BCUT2D eigenvalue weighted by molar-refractivity contribution is 7.80. The molecule has 1 aromatic carbocycles. The zero-order valence-corrected chi connectivity index (χ0v) is 10.9. The summed E-state index contributed by atoms with van der Waals surface area (Å²) in [5.41, 5.74) is 6.37. The Kier molecular flexibility index (Phi) is 2.68. The number of nitrogens with two attached hydrogens (primary N) is 1. The molecule has 0 aliphatic heterocycles. The van der Waals surface area contributed by atoms with E-state index >= 15 is 0 Å². The molecule has 0 fully saturated rings. The molecule has 7 heteroatoms. The monoisotopic (exact) mass is 270 g/mol. The molecule has 94 valence electrons. The lowest BCUT2D eigenvalue weighted by Gasteiger charge is -2.05. The second-order valence-corrected chi connectivity index (χ2v) is 4.47. The van der Waals surface area contributed by atoms with Crippen LogP contribution in [0.3, 0.4) is 0 Å². The minimum Gasteiger partial charge on any atom is -0.387 e. The van der Waals surface area contributed by atoms with E-state index in [1.165, 1.54) is 11.0 Å². The first kappa shape index (κ1) is 11.7. The minimum absolute atomic E-state index is 0.156.